The molecule has 1 aromatic carbocycles. The van der Waals surface area contributed by atoms with E-state index in [2.05, 4.69) is 10.4 Å². The Morgan fingerprint density at radius 1 is 1.29 bits per heavy atom. The van der Waals surface area contributed by atoms with Gasteiger partial charge in [0.25, 0.3) is 0 Å². The lowest BCUT2D eigenvalue weighted by molar-refractivity contribution is -0.307. The third kappa shape index (κ3) is 5.76. The molecule has 0 saturated carbocycles. The van der Waals surface area contributed by atoms with Gasteiger partial charge in [-0.25, -0.2) is 5.43 Å². The summed E-state index contributed by atoms with van der Waals surface area (Å²) in [7, 11) is 1.31. The maximum atomic E-state index is 11.2. The van der Waals surface area contributed by atoms with Gasteiger partial charge >= 0.3 is 11.8 Å². The Morgan fingerprint density at radius 2 is 2.00 bits per heavy atom. The number of carbonyl (C=O) groups is 3. The summed E-state index contributed by atoms with van der Waals surface area (Å²) in [5.74, 6) is -2.93. The van der Waals surface area contributed by atoms with E-state index in [0.29, 0.717) is 5.56 Å². The van der Waals surface area contributed by atoms with Crippen molar-refractivity contribution in [2.24, 2.45) is 5.10 Å². The lowest BCUT2D eigenvalue weighted by atomic mass is 10.2. The average Bonchev–Trinajstić information content (AvgIpc) is 2.53. The van der Waals surface area contributed by atoms with Crippen LogP contribution in [0.3, 0.4) is 0 Å². The lowest BCUT2D eigenvalue weighted by Gasteiger charge is -2.14. The number of carboxylic acids is 1. The van der Waals surface area contributed by atoms with Gasteiger partial charge in [0.1, 0.15) is 6.61 Å². The normalized spacial score (nSPS) is 10.3. The van der Waals surface area contributed by atoms with Crippen LogP contribution in [0.4, 0.5) is 0 Å². The van der Waals surface area contributed by atoms with Crippen LogP contribution in [-0.4, -0.2) is 44.3 Å². The number of nitrogens with zero attached hydrogens (tertiary/aromatic N) is 1. The van der Waals surface area contributed by atoms with Gasteiger partial charge in [-0.05, 0) is 24.6 Å². The van der Waals surface area contributed by atoms with E-state index in [1.807, 2.05) is 5.43 Å². The van der Waals surface area contributed by atoms with Crippen LogP contribution in [0.15, 0.2) is 17.2 Å². The topological polar surface area (TPSA) is 129 Å². The van der Waals surface area contributed by atoms with Gasteiger partial charge in [-0.15, -0.1) is 0 Å². The number of ether oxygens (including phenoxy) is 2. The number of aliphatic carboxylic acids is 1. The smallest absolute Gasteiger partial charge is 0.329 e. The highest BCUT2D eigenvalue weighted by Gasteiger charge is 2.13. The maximum absolute atomic E-state index is 11.2. The number of carboxylic acid groups (broad SMARTS) is 1. The first-order chi connectivity index (χ1) is 11.4. The van der Waals surface area contributed by atoms with Crippen LogP contribution in [0, 0.1) is 0 Å². The number of nitrogens with one attached hydrogen (secondary N) is 2. The number of benzene rings is 1. The summed E-state index contributed by atoms with van der Waals surface area (Å²) in [6.45, 7) is 1.32. The Hall–Kier alpha value is -2.81. The molecule has 0 unspecified atom stereocenters. The lowest BCUT2D eigenvalue weighted by Crippen LogP contribution is -2.35. The summed E-state index contributed by atoms with van der Waals surface area (Å²) in [5, 5.41) is 16.3. The highest BCUT2D eigenvalue weighted by molar-refractivity contribution is 6.35. The van der Waals surface area contributed by atoms with Crippen molar-refractivity contribution in [3.05, 3.63) is 22.7 Å². The number of halogens is 1. The second-order valence-corrected chi connectivity index (χ2v) is 4.61. The van der Waals surface area contributed by atoms with Crippen molar-refractivity contribution in [1.29, 1.82) is 0 Å². The van der Waals surface area contributed by atoms with E-state index in [0.717, 1.165) is 0 Å². The van der Waals surface area contributed by atoms with Crippen LogP contribution >= 0.6 is 11.6 Å². The molecular weight excluding hydrogens is 342 g/mol. The Morgan fingerprint density at radius 3 is 2.58 bits per heavy atom. The average molecular weight is 357 g/mol. The molecule has 0 spiro atoms. The number of rotatable bonds is 7. The van der Waals surface area contributed by atoms with Crippen LogP contribution in [0.1, 0.15) is 12.5 Å². The van der Waals surface area contributed by atoms with Gasteiger partial charge in [-0.1, -0.05) is 11.6 Å². The molecule has 10 heteroatoms. The predicted molar refractivity (Wildman–Crippen MR) is 82.9 cm³/mol. The number of amides is 2. The molecule has 24 heavy (non-hydrogen) atoms. The summed E-state index contributed by atoms with van der Waals surface area (Å²) < 4.78 is 10.4. The summed E-state index contributed by atoms with van der Waals surface area (Å²) >= 11 is 6.04. The molecule has 2 N–H and O–H groups in total. The molecular formula is C14H15ClN3O6-. The number of hydrazone groups is 1. The number of carbonyl (C=O) groups excluding carboxylic acids is 3. The van der Waals surface area contributed by atoms with Crippen LogP contribution in [-0.2, 0) is 14.4 Å². The molecule has 9 nitrogen and oxygen atoms in total. The Kier molecular flexibility index (Phi) is 7.50. The van der Waals surface area contributed by atoms with Crippen molar-refractivity contribution in [3.8, 4) is 11.5 Å². The van der Waals surface area contributed by atoms with Gasteiger partial charge in [0.15, 0.2) is 11.5 Å². The number of hydrogen-bond donors (Lipinski definition) is 2. The first kappa shape index (κ1) is 19.2. The van der Waals surface area contributed by atoms with Gasteiger partial charge in [0, 0.05) is 7.05 Å². The van der Waals surface area contributed by atoms with Crippen molar-refractivity contribution < 1.29 is 29.0 Å². The van der Waals surface area contributed by atoms with E-state index in [1.165, 1.54) is 25.4 Å². The minimum Gasteiger partial charge on any atom is -0.546 e. The third-order valence-corrected chi connectivity index (χ3v) is 2.76. The molecule has 130 valence electrons. The van der Waals surface area contributed by atoms with Crippen LogP contribution < -0.4 is 25.3 Å². The first-order valence-electron chi connectivity index (χ1n) is 6.73. The second-order valence-electron chi connectivity index (χ2n) is 4.20. The number of hydrogen-bond acceptors (Lipinski definition) is 7. The SMILES string of the molecule is CCOc1cc(/C=N\NC(=O)C(=O)NC)cc(Cl)c1OCC(=O)[O-]. The van der Waals surface area contributed by atoms with E-state index >= 15 is 0 Å². The van der Waals surface area contributed by atoms with Crippen LogP contribution in [0.5, 0.6) is 11.5 Å². The van der Waals surface area contributed by atoms with Gasteiger partial charge < -0.3 is 24.7 Å². The highest BCUT2D eigenvalue weighted by atomic mass is 35.5. The summed E-state index contributed by atoms with van der Waals surface area (Å²) in [4.78, 5) is 32.7. The molecule has 1 rings (SSSR count). The molecule has 0 saturated heterocycles. The molecule has 0 bridgehead atoms. The molecule has 0 aromatic heterocycles. The second kappa shape index (κ2) is 9.36. The molecule has 0 fully saturated rings. The summed E-state index contributed by atoms with van der Waals surface area (Å²) in [6, 6.07) is 2.90. The molecule has 2 amide bonds. The molecule has 0 aliphatic rings. The van der Waals surface area contributed by atoms with Gasteiger partial charge in [0.2, 0.25) is 0 Å². The molecule has 0 atom stereocenters. The molecule has 0 radical (unpaired) electrons. The van der Waals surface area contributed by atoms with E-state index < -0.39 is 24.4 Å². The van der Waals surface area contributed by atoms with E-state index in [1.54, 1.807) is 6.92 Å². The van der Waals surface area contributed by atoms with E-state index in [-0.39, 0.29) is 23.1 Å². The fourth-order valence-corrected chi connectivity index (χ4v) is 1.80. The third-order valence-electron chi connectivity index (χ3n) is 2.48. The van der Waals surface area contributed by atoms with E-state index in [9.17, 15) is 19.5 Å². The molecule has 0 aliphatic heterocycles. The van der Waals surface area contributed by atoms with Crippen LogP contribution in [0.2, 0.25) is 5.02 Å². The van der Waals surface area contributed by atoms with Gasteiger partial charge in [-0.2, -0.15) is 5.10 Å². The van der Waals surface area contributed by atoms with Gasteiger partial charge in [-0.3, -0.25) is 9.59 Å². The Labute approximate surface area is 142 Å². The van der Waals surface area contributed by atoms with Crippen molar-refractivity contribution in [2.75, 3.05) is 20.3 Å². The fourth-order valence-electron chi connectivity index (χ4n) is 1.53. The van der Waals surface area contributed by atoms with Crippen molar-refractivity contribution >= 4 is 35.6 Å². The van der Waals surface area contributed by atoms with Crippen molar-refractivity contribution in [2.45, 2.75) is 6.92 Å². The minimum absolute atomic E-state index is 0.0502. The monoisotopic (exact) mass is 356 g/mol. The summed E-state index contributed by atoms with van der Waals surface area (Å²) in [6.07, 6.45) is 1.23. The predicted octanol–water partition coefficient (Wildman–Crippen LogP) is -0.936. The minimum atomic E-state index is -1.41. The Balaban J connectivity index is 2.95. The Bertz CT molecular complexity index is 662. The van der Waals surface area contributed by atoms with E-state index in [4.69, 9.17) is 21.1 Å². The zero-order valence-corrected chi connectivity index (χ0v) is 13.7. The van der Waals surface area contributed by atoms with Crippen molar-refractivity contribution in [1.82, 2.24) is 10.7 Å². The number of likely N-dealkylation sites (N-methyl/N-ethyl adjacent to an activating group) is 1. The summed E-state index contributed by atoms with van der Waals surface area (Å²) in [5.41, 5.74) is 2.46. The fraction of sp³-hybridized carbons (Fsp3) is 0.286. The molecule has 1 aromatic rings. The zero-order valence-electron chi connectivity index (χ0n) is 12.9. The first-order valence-corrected chi connectivity index (χ1v) is 7.10. The van der Waals surface area contributed by atoms with Crippen LogP contribution in [0.25, 0.3) is 0 Å². The standard InChI is InChI=1S/C14H16ClN3O6/c1-3-23-10-5-8(6-17-18-14(22)13(21)16-2)4-9(15)12(10)24-7-11(19)20/h4-6H,3,7H2,1-2H3,(H,16,21)(H,18,22)(H,19,20)/p-1/b17-6-. The zero-order chi connectivity index (χ0) is 18.1. The van der Waals surface area contributed by atoms with Gasteiger partial charge in [0.05, 0.1) is 23.8 Å². The van der Waals surface area contributed by atoms with Crippen molar-refractivity contribution in [3.63, 3.8) is 0 Å². The quantitative estimate of drug-likeness (QED) is 0.368. The maximum Gasteiger partial charge on any atom is 0.329 e. The molecule has 0 heterocycles. The molecule has 0 aliphatic carbocycles. The highest BCUT2D eigenvalue weighted by Crippen LogP contribution is 2.36. The largest absolute Gasteiger partial charge is 0.546 e.